The Balaban J connectivity index is 1.63. The van der Waals surface area contributed by atoms with E-state index in [1.165, 1.54) is 0 Å². The molecule has 1 atom stereocenters. The number of carbonyl (C=O) groups is 1. The largest absolute Gasteiger partial charge is 0.493 e. The van der Waals surface area contributed by atoms with Crippen LogP contribution in [0.4, 0.5) is 5.69 Å². The standard InChI is InChI=1S/C21H26N4O3/c1-22-21(23-12-14-7-6-10-18(27-2)20(14)28-3)24-13-15-11-19(26)25-17-9-5-4-8-16(15)17/h4-10,15H,11-13H2,1-3H3,(H,25,26)(H2,22,23,24). The number of benzene rings is 2. The van der Waals surface area contributed by atoms with Gasteiger partial charge in [-0.1, -0.05) is 30.3 Å². The Kier molecular flexibility index (Phi) is 6.37. The Labute approximate surface area is 165 Å². The summed E-state index contributed by atoms with van der Waals surface area (Å²) in [7, 11) is 4.97. The summed E-state index contributed by atoms with van der Waals surface area (Å²) in [6.07, 6.45) is 0.449. The lowest BCUT2D eigenvalue weighted by molar-refractivity contribution is -0.116. The van der Waals surface area contributed by atoms with Crippen LogP contribution >= 0.6 is 0 Å². The van der Waals surface area contributed by atoms with Crippen molar-refractivity contribution in [2.45, 2.75) is 18.9 Å². The van der Waals surface area contributed by atoms with Gasteiger partial charge in [0, 0.05) is 43.7 Å². The maximum absolute atomic E-state index is 12.0. The predicted molar refractivity (Wildman–Crippen MR) is 110 cm³/mol. The molecule has 0 aliphatic carbocycles. The molecule has 0 bridgehead atoms. The first-order chi connectivity index (χ1) is 13.7. The summed E-state index contributed by atoms with van der Waals surface area (Å²) in [6, 6.07) is 13.7. The molecule has 1 aliphatic heterocycles. The lowest BCUT2D eigenvalue weighted by atomic mass is 9.90. The van der Waals surface area contributed by atoms with Gasteiger partial charge in [0.1, 0.15) is 0 Å². The maximum atomic E-state index is 12.0. The van der Waals surface area contributed by atoms with Crippen LogP contribution in [0.3, 0.4) is 0 Å². The molecule has 0 aromatic heterocycles. The molecule has 28 heavy (non-hydrogen) atoms. The Morgan fingerprint density at radius 2 is 1.96 bits per heavy atom. The highest BCUT2D eigenvalue weighted by Crippen LogP contribution is 2.32. The molecule has 0 fully saturated rings. The molecule has 0 spiro atoms. The molecule has 7 nitrogen and oxygen atoms in total. The second kappa shape index (κ2) is 9.12. The van der Waals surface area contributed by atoms with Crippen LogP contribution in [0.25, 0.3) is 0 Å². The average molecular weight is 382 g/mol. The zero-order valence-corrected chi connectivity index (χ0v) is 16.4. The van der Waals surface area contributed by atoms with E-state index in [0.717, 1.165) is 16.8 Å². The van der Waals surface area contributed by atoms with Gasteiger partial charge in [-0.3, -0.25) is 9.79 Å². The Bertz CT molecular complexity index is 866. The van der Waals surface area contributed by atoms with Gasteiger partial charge in [-0.25, -0.2) is 0 Å². The molecule has 1 amide bonds. The van der Waals surface area contributed by atoms with E-state index >= 15 is 0 Å². The zero-order valence-electron chi connectivity index (χ0n) is 16.4. The summed E-state index contributed by atoms with van der Waals surface area (Å²) in [5, 5.41) is 9.54. The SMILES string of the molecule is CN=C(NCc1cccc(OC)c1OC)NCC1CC(=O)Nc2ccccc21. The monoisotopic (exact) mass is 382 g/mol. The van der Waals surface area contributed by atoms with Gasteiger partial charge >= 0.3 is 0 Å². The summed E-state index contributed by atoms with van der Waals surface area (Å²) in [5.41, 5.74) is 2.99. The molecule has 1 heterocycles. The maximum Gasteiger partial charge on any atom is 0.225 e. The highest BCUT2D eigenvalue weighted by atomic mass is 16.5. The summed E-state index contributed by atoms with van der Waals surface area (Å²) in [5.74, 6) is 2.18. The Morgan fingerprint density at radius 1 is 1.14 bits per heavy atom. The third-order valence-electron chi connectivity index (χ3n) is 4.78. The second-order valence-electron chi connectivity index (χ2n) is 6.50. The van der Waals surface area contributed by atoms with Crippen LogP contribution in [0.2, 0.25) is 0 Å². The number of hydrogen-bond donors (Lipinski definition) is 3. The quantitative estimate of drug-likeness (QED) is 0.528. The van der Waals surface area contributed by atoms with Crippen molar-refractivity contribution < 1.29 is 14.3 Å². The van der Waals surface area contributed by atoms with E-state index in [-0.39, 0.29) is 11.8 Å². The number of fused-ring (bicyclic) bond motifs is 1. The van der Waals surface area contributed by atoms with Gasteiger partial charge in [0.25, 0.3) is 0 Å². The van der Waals surface area contributed by atoms with Gasteiger partial charge in [0.05, 0.1) is 14.2 Å². The number of ether oxygens (including phenoxy) is 2. The van der Waals surface area contributed by atoms with E-state index < -0.39 is 0 Å². The van der Waals surface area contributed by atoms with Crippen LogP contribution < -0.4 is 25.4 Å². The van der Waals surface area contributed by atoms with Crippen molar-refractivity contribution in [1.29, 1.82) is 0 Å². The van der Waals surface area contributed by atoms with Gasteiger partial charge < -0.3 is 25.4 Å². The van der Waals surface area contributed by atoms with E-state index in [4.69, 9.17) is 9.47 Å². The first-order valence-corrected chi connectivity index (χ1v) is 9.19. The lowest BCUT2D eigenvalue weighted by Crippen LogP contribution is -2.40. The minimum absolute atomic E-state index is 0.0366. The number of hydrogen-bond acceptors (Lipinski definition) is 4. The van der Waals surface area contributed by atoms with Crippen LogP contribution in [-0.2, 0) is 11.3 Å². The molecule has 0 saturated carbocycles. The number of anilines is 1. The van der Waals surface area contributed by atoms with Crippen molar-refractivity contribution in [2.24, 2.45) is 4.99 Å². The molecular formula is C21H26N4O3. The highest BCUT2D eigenvalue weighted by molar-refractivity contribution is 5.94. The molecule has 1 unspecified atom stereocenters. The molecule has 148 valence electrons. The third kappa shape index (κ3) is 4.36. The summed E-state index contributed by atoms with van der Waals surface area (Å²) in [6.45, 7) is 1.14. The molecule has 2 aromatic rings. The molecule has 3 N–H and O–H groups in total. The number of nitrogens with zero attached hydrogens (tertiary/aromatic N) is 1. The van der Waals surface area contributed by atoms with Gasteiger partial charge in [0.15, 0.2) is 17.5 Å². The van der Waals surface area contributed by atoms with Crippen molar-refractivity contribution in [3.8, 4) is 11.5 Å². The number of guanidine groups is 1. The number of rotatable bonds is 6. The molecule has 3 rings (SSSR count). The molecule has 2 aromatic carbocycles. The van der Waals surface area contributed by atoms with Crippen molar-refractivity contribution in [3.63, 3.8) is 0 Å². The molecule has 0 saturated heterocycles. The minimum Gasteiger partial charge on any atom is -0.493 e. The summed E-state index contributed by atoms with van der Waals surface area (Å²) >= 11 is 0. The van der Waals surface area contributed by atoms with E-state index in [2.05, 4.69) is 27.0 Å². The van der Waals surface area contributed by atoms with Gasteiger partial charge in [-0.05, 0) is 17.7 Å². The fourth-order valence-corrected chi connectivity index (χ4v) is 3.40. The number of carbonyl (C=O) groups excluding carboxylic acids is 1. The van der Waals surface area contributed by atoms with E-state index in [1.807, 2.05) is 36.4 Å². The van der Waals surface area contributed by atoms with Crippen molar-refractivity contribution in [2.75, 3.05) is 33.1 Å². The summed E-state index contributed by atoms with van der Waals surface area (Å²) < 4.78 is 10.8. The van der Waals surface area contributed by atoms with Gasteiger partial charge in [0.2, 0.25) is 5.91 Å². The van der Waals surface area contributed by atoms with E-state index in [1.54, 1.807) is 21.3 Å². The second-order valence-corrected chi connectivity index (χ2v) is 6.50. The van der Waals surface area contributed by atoms with Crippen LogP contribution in [0.15, 0.2) is 47.5 Å². The average Bonchev–Trinajstić information content (AvgIpc) is 2.73. The topological polar surface area (TPSA) is 84.0 Å². The number of amides is 1. The normalized spacial score (nSPS) is 16.0. The fourth-order valence-electron chi connectivity index (χ4n) is 3.40. The van der Waals surface area contributed by atoms with Crippen LogP contribution in [0.1, 0.15) is 23.5 Å². The Morgan fingerprint density at radius 3 is 2.71 bits per heavy atom. The van der Waals surface area contributed by atoms with Crippen molar-refractivity contribution >= 4 is 17.6 Å². The molecule has 0 radical (unpaired) electrons. The molecule has 7 heteroatoms. The van der Waals surface area contributed by atoms with Gasteiger partial charge in [-0.15, -0.1) is 0 Å². The smallest absolute Gasteiger partial charge is 0.225 e. The number of aliphatic imine (C=N–C) groups is 1. The van der Waals surface area contributed by atoms with Crippen LogP contribution in [0, 0.1) is 0 Å². The van der Waals surface area contributed by atoms with Gasteiger partial charge in [-0.2, -0.15) is 0 Å². The van der Waals surface area contributed by atoms with Crippen LogP contribution in [0.5, 0.6) is 11.5 Å². The zero-order chi connectivity index (χ0) is 19.9. The molecule has 1 aliphatic rings. The Hall–Kier alpha value is -3.22. The highest BCUT2D eigenvalue weighted by Gasteiger charge is 2.24. The molecular weight excluding hydrogens is 356 g/mol. The fraction of sp³-hybridized carbons (Fsp3) is 0.333. The predicted octanol–water partition coefficient (Wildman–Crippen LogP) is 2.49. The first-order valence-electron chi connectivity index (χ1n) is 9.19. The minimum atomic E-state index is 0.0366. The van der Waals surface area contributed by atoms with Crippen molar-refractivity contribution in [1.82, 2.24) is 10.6 Å². The third-order valence-corrected chi connectivity index (χ3v) is 4.78. The van der Waals surface area contributed by atoms with E-state index in [0.29, 0.717) is 37.0 Å². The number of methoxy groups -OCH3 is 2. The first kappa shape index (κ1) is 19.5. The number of nitrogens with one attached hydrogen (secondary N) is 3. The summed E-state index contributed by atoms with van der Waals surface area (Å²) in [4.78, 5) is 16.3. The van der Waals surface area contributed by atoms with Crippen molar-refractivity contribution in [3.05, 3.63) is 53.6 Å². The lowest BCUT2D eigenvalue weighted by Gasteiger charge is -2.26. The number of para-hydroxylation sites is 2. The van der Waals surface area contributed by atoms with E-state index in [9.17, 15) is 4.79 Å². The van der Waals surface area contributed by atoms with Crippen LogP contribution in [-0.4, -0.2) is 39.7 Å².